The third-order valence-electron chi connectivity index (χ3n) is 2.27. The van der Waals surface area contributed by atoms with E-state index < -0.39 is 5.60 Å². The highest BCUT2D eigenvalue weighted by atomic mass is 17.1. The van der Waals surface area contributed by atoms with E-state index in [1.807, 2.05) is 20.8 Å². The zero-order valence-electron chi connectivity index (χ0n) is 9.00. The molecule has 0 radical (unpaired) electrons. The van der Waals surface area contributed by atoms with Gasteiger partial charge in [0.15, 0.2) is 5.78 Å². The molecule has 0 heterocycles. The van der Waals surface area contributed by atoms with Crippen molar-refractivity contribution in [1.82, 2.24) is 0 Å². The van der Waals surface area contributed by atoms with Gasteiger partial charge in [-0.05, 0) is 30.6 Å². The van der Waals surface area contributed by atoms with Crippen molar-refractivity contribution in [2.75, 3.05) is 0 Å². The molecular weight excluding hydrogens is 180 g/mol. The first kappa shape index (κ1) is 11.1. The second-order valence-corrected chi connectivity index (χ2v) is 4.78. The zero-order valence-corrected chi connectivity index (χ0v) is 9.00. The van der Waals surface area contributed by atoms with Crippen LogP contribution in [-0.4, -0.2) is 16.6 Å². The van der Waals surface area contributed by atoms with Crippen LogP contribution in [0.3, 0.4) is 0 Å². The lowest BCUT2D eigenvalue weighted by Gasteiger charge is -2.28. The molecule has 1 unspecified atom stereocenters. The van der Waals surface area contributed by atoms with Gasteiger partial charge in [0.1, 0.15) is 5.60 Å². The standard InChI is InChI=1S/C11H16O3/c1-10(2,3)8-7-11(4,14-13)6-5-9(8)12/h5-7,13H,1-4H3. The average molecular weight is 196 g/mol. The summed E-state index contributed by atoms with van der Waals surface area (Å²) in [6, 6.07) is 0. The van der Waals surface area contributed by atoms with Crippen LogP contribution in [0.5, 0.6) is 0 Å². The third-order valence-corrected chi connectivity index (χ3v) is 2.27. The van der Waals surface area contributed by atoms with Crippen LogP contribution in [0.1, 0.15) is 27.7 Å². The van der Waals surface area contributed by atoms with Gasteiger partial charge in [0.2, 0.25) is 0 Å². The van der Waals surface area contributed by atoms with Gasteiger partial charge in [0.25, 0.3) is 0 Å². The van der Waals surface area contributed by atoms with Crippen LogP contribution in [0.4, 0.5) is 0 Å². The molecule has 0 saturated heterocycles. The summed E-state index contributed by atoms with van der Waals surface area (Å²) in [4.78, 5) is 15.9. The number of hydrogen-bond acceptors (Lipinski definition) is 3. The predicted octanol–water partition coefficient (Wildman–Crippen LogP) is 2.35. The minimum atomic E-state index is -0.878. The van der Waals surface area contributed by atoms with E-state index in [4.69, 9.17) is 5.26 Å². The summed E-state index contributed by atoms with van der Waals surface area (Å²) in [5, 5.41) is 8.71. The lowest BCUT2D eigenvalue weighted by molar-refractivity contribution is -0.288. The Labute approximate surface area is 84.0 Å². The van der Waals surface area contributed by atoms with E-state index in [-0.39, 0.29) is 11.2 Å². The molecule has 3 heteroatoms. The highest BCUT2D eigenvalue weighted by Crippen LogP contribution is 2.32. The molecule has 1 aliphatic rings. The first-order valence-electron chi connectivity index (χ1n) is 4.58. The Morgan fingerprint density at radius 2 is 2.00 bits per heavy atom. The van der Waals surface area contributed by atoms with Gasteiger partial charge in [-0.3, -0.25) is 10.1 Å². The fraction of sp³-hybridized carbons (Fsp3) is 0.545. The van der Waals surface area contributed by atoms with Crippen LogP contribution in [-0.2, 0) is 9.68 Å². The molecule has 1 aliphatic carbocycles. The Bertz CT molecular complexity index is 307. The van der Waals surface area contributed by atoms with Crippen molar-refractivity contribution < 1.29 is 14.9 Å². The van der Waals surface area contributed by atoms with Gasteiger partial charge >= 0.3 is 0 Å². The first-order chi connectivity index (χ1) is 6.28. The molecule has 1 rings (SSSR count). The summed E-state index contributed by atoms with van der Waals surface area (Å²) >= 11 is 0. The van der Waals surface area contributed by atoms with Crippen molar-refractivity contribution in [3.05, 3.63) is 23.8 Å². The molecule has 0 aliphatic heterocycles. The SMILES string of the molecule is CC1(OO)C=CC(=O)C(C(C)(C)C)=C1. The Morgan fingerprint density at radius 3 is 2.43 bits per heavy atom. The van der Waals surface area contributed by atoms with Gasteiger partial charge < -0.3 is 0 Å². The van der Waals surface area contributed by atoms with Crippen LogP contribution in [0.15, 0.2) is 23.8 Å². The number of ketones is 1. The molecular formula is C11H16O3. The number of carbonyl (C=O) groups is 1. The van der Waals surface area contributed by atoms with E-state index >= 15 is 0 Å². The second kappa shape index (κ2) is 3.33. The van der Waals surface area contributed by atoms with Crippen molar-refractivity contribution in [1.29, 1.82) is 0 Å². The quantitative estimate of drug-likeness (QED) is 0.517. The molecule has 1 N–H and O–H groups in total. The summed E-state index contributed by atoms with van der Waals surface area (Å²) in [6.07, 6.45) is 4.65. The van der Waals surface area contributed by atoms with Crippen LogP contribution in [0.25, 0.3) is 0 Å². The molecule has 3 nitrogen and oxygen atoms in total. The average Bonchev–Trinajstić information content (AvgIpc) is 2.08. The second-order valence-electron chi connectivity index (χ2n) is 4.78. The van der Waals surface area contributed by atoms with E-state index in [1.165, 1.54) is 6.08 Å². The van der Waals surface area contributed by atoms with E-state index in [0.29, 0.717) is 5.57 Å². The Kier molecular flexibility index (Phi) is 2.65. The van der Waals surface area contributed by atoms with E-state index in [9.17, 15) is 4.79 Å². The van der Waals surface area contributed by atoms with Crippen molar-refractivity contribution in [3.8, 4) is 0 Å². The number of carbonyl (C=O) groups excluding carboxylic acids is 1. The van der Waals surface area contributed by atoms with Crippen LogP contribution in [0.2, 0.25) is 0 Å². The molecule has 0 aromatic carbocycles. The van der Waals surface area contributed by atoms with Crippen molar-refractivity contribution >= 4 is 5.78 Å². The smallest absolute Gasteiger partial charge is 0.181 e. The summed E-state index contributed by atoms with van der Waals surface area (Å²) in [6.45, 7) is 7.55. The van der Waals surface area contributed by atoms with Gasteiger partial charge in [0.05, 0.1) is 0 Å². The number of allylic oxidation sites excluding steroid dienone is 2. The summed E-state index contributed by atoms with van der Waals surface area (Å²) in [5.74, 6) is -0.0213. The fourth-order valence-electron chi connectivity index (χ4n) is 1.38. The fourth-order valence-corrected chi connectivity index (χ4v) is 1.38. The molecule has 14 heavy (non-hydrogen) atoms. The van der Waals surface area contributed by atoms with E-state index in [0.717, 1.165) is 0 Å². The topological polar surface area (TPSA) is 46.5 Å². The molecule has 0 spiro atoms. The summed E-state index contributed by atoms with van der Waals surface area (Å²) in [5.41, 5.74) is -0.449. The summed E-state index contributed by atoms with van der Waals surface area (Å²) in [7, 11) is 0. The summed E-state index contributed by atoms with van der Waals surface area (Å²) < 4.78 is 0. The van der Waals surface area contributed by atoms with Gasteiger partial charge in [-0.15, -0.1) is 0 Å². The molecule has 0 amide bonds. The lowest BCUT2D eigenvalue weighted by atomic mass is 9.78. The minimum Gasteiger partial charge on any atom is -0.290 e. The van der Waals surface area contributed by atoms with Crippen LogP contribution in [0, 0.1) is 5.41 Å². The zero-order chi connectivity index (χ0) is 11.0. The van der Waals surface area contributed by atoms with Crippen molar-refractivity contribution in [3.63, 3.8) is 0 Å². The molecule has 0 fully saturated rings. The highest BCUT2D eigenvalue weighted by molar-refractivity contribution is 6.06. The van der Waals surface area contributed by atoms with Gasteiger partial charge in [-0.1, -0.05) is 20.8 Å². The molecule has 0 aromatic rings. The van der Waals surface area contributed by atoms with Crippen LogP contribution >= 0.6 is 0 Å². The van der Waals surface area contributed by atoms with E-state index in [1.54, 1.807) is 19.1 Å². The maximum absolute atomic E-state index is 11.6. The minimum absolute atomic E-state index is 0.0213. The van der Waals surface area contributed by atoms with Gasteiger partial charge in [-0.2, -0.15) is 0 Å². The lowest BCUT2D eigenvalue weighted by Crippen LogP contribution is -2.30. The Balaban J connectivity index is 3.11. The first-order valence-corrected chi connectivity index (χ1v) is 4.58. The highest BCUT2D eigenvalue weighted by Gasteiger charge is 2.31. The number of hydrogen-bond donors (Lipinski definition) is 1. The molecule has 0 aromatic heterocycles. The number of rotatable bonds is 1. The third kappa shape index (κ3) is 2.11. The maximum atomic E-state index is 11.6. The Hall–Kier alpha value is -0.930. The van der Waals surface area contributed by atoms with Crippen LogP contribution < -0.4 is 0 Å². The molecule has 78 valence electrons. The molecule has 0 bridgehead atoms. The predicted molar refractivity (Wildman–Crippen MR) is 53.8 cm³/mol. The monoisotopic (exact) mass is 196 g/mol. The van der Waals surface area contributed by atoms with Crippen molar-refractivity contribution in [2.45, 2.75) is 33.3 Å². The molecule has 1 atom stereocenters. The Morgan fingerprint density at radius 1 is 1.43 bits per heavy atom. The van der Waals surface area contributed by atoms with E-state index in [2.05, 4.69) is 4.89 Å². The normalized spacial score (nSPS) is 27.8. The van der Waals surface area contributed by atoms with Crippen molar-refractivity contribution in [2.24, 2.45) is 5.41 Å². The maximum Gasteiger partial charge on any atom is 0.181 e. The van der Waals surface area contributed by atoms with Gasteiger partial charge in [0, 0.05) is 5.57 Å². The van der Waals surface area contributed by atoms with Gasteiger partial charge in [-0.25, -0.2) is 4.89 Å². The largest absolute Gasteiger partial charge is 0.290 e. The molecule has 0 saturated carbocycles.